The molecule has 0 unspecified atom stereocenters. The average Bonchev–Trinajstić information content (AvgIpc) is 3.55. The van der Waals surface area contributed by atoms with Crippen LogP contribution >= 0.6 is 0 Å². The zero-order valence-electron chi connectivity index (χ0n) is 28.5. The minimum atomic E-state index is -2.40. The average molecular weight is 776 g/mol. The summed E-state index contributed by atoms with van der Waals surface area (Å²) in [5.74, 6) is 0. The molecule has 0 spiro atoms. The zero-order chi connectivity index (χ0) is 33.8. The van der Waals surface area contributed by atoms with Crippen molar-refractivity contribution in [3.05, 3.63) is 175 Å². The predicted octanol–water partition coefficient (Wildman–Crippen LogP) is 9.84. The van der Waals surface area contributed by atoms with Gasteiger partial charge >= 0.3 is 0 Å². The first-order chi connectivity index (χ1) is 23.8. The minimum Gasteiger partial charge on any atom is -0.486 e. The smallest absolute Gasteiger partial charge is 0.216 e. The number of aromatic nitrogens is 3. The Labute approximate surface area is 287 Å². The molecule has 225 valence electrons. The van der Waals surface area contributed by atoms with Gasteiger partial charge in [-0.2, -0.15) is 0 Å². The van der Waals surface area contributed by atoms with Crippen molar-refractivity contribution in [2.45, 2.75) is 12.7 Å². The van der Waals surface area contributed by atoms with Crippen molar-refractivity contribution in [3.8, 4) is 33.6 Å². The van der Waals surface area contributed by atoms with Crippen LogP contribution in [0.25, 0.3) is 55.7 Å². The molecule has 8 aromatic rings. The van der Waals surface area contributed by atoms with Gasteiger partial charge in [-0.15, -0.1) is 54.1 Å². The largest absolute Gasteiger partial charge is 0.486 e. The number of hydrogen-bond acceptors (Lipinski definition) is 4. The van der Waals surface area contributed by atoms with E-state index in [-0.39, 0.29) is 37.1 Å². The summed E-state index contributed by atoms with van der Waals surface area (Å²) in [6.45, 7) is 0. The van der Waals surface area contributed by atoms with Gasteiger partial charge in [-0.3, -0.25) is 0 Å². The predicted molar refractivity (Wildman–Crippen MR) is 181 cm³/mol. The van der Waals surface area contributed by atoms with Crippen LogP contribution < -0.4 is 0 Å². The first-order valence-corrected chi connectivity index (χ1v) is 14.5. The fraction of sp³-hybridized carbons (Fsp3) is 0.0488. The van der Waals surface area contributed by atoms with Crippen LogP contribution in [-0.4, -0.2) is 15.0 Å². The molecule has 1 radical (unpaired) electrons. The molecule has 0 amide bonds. The second-order valence-corrected chi connectivity index (χ2v) is 10.1. The SMILES string of the molecule is [2H]C([2H])(c1ccccc1)C([2H])([2H])c1ccc2c(n1)oc1c(-c3cc(-c4ccccc4)ccn3)[c-]ccc12.[Ir].[c-]1ccccc1-c1ccccn1. The molecule has 0 aliphatic rings. The molecule has 0 aliphatic carbocycles. The zero-order valence-corrected chi connectivity index (χ0v) is 26.9. The second kappa shape index (κ2) is 14.7. The Morgan fingerprint density at radius 1 is 0.609 bits per heavy atom. The summed E-state index contributed by atoms with van der Waals surface area (Å²) in [6, 6.07) is 49.3. The van der Waals surface area contributed by atoms with E-state index < -0.39 is 12.7 Å². The number of aryl methyl sites for hydroxylation is 2. The molecule has 0 bridgehead atoms. The van der Waals surface area contributed by atoms with Crippen molar-refractivity contribution in [3.63, 3.8) is 0 Å². The molecule has 8 rings (SSSR count). The number of furan rings is 1. The Morgan fingerprint density at radius 2 is 1.39 bits per heavy atom. The molecule has 0 fully saturated rings. The van der Waals surface area contributed by atoms with Gasteiger partial charge in [0.05, 0.1) is 5.58 Å². The van der Waals surface area contributed by atoms with E-state index in [0.29, 0.717) is 22.2 Å². The number of benzene rings is 4. The van der Waals surface area contributed by atoms with Gasteiger partial charge in [0, 0.05) is 49.1 Å². The van der Waals surface area contributed by atoms with Crippen molar-refractivity contribution in [1.29, 1.82) is 0 Å². The van der Waals surface area contributed by atoms with Crippen LogP contribution in [-0.2, 0) is 32.9 Å². The molecule has 0 saturated carbocycles. The van der Waals surface area contributed by atoms with Crippen LogP contribution in [0.4, 0.5) is 0 Å². The van der Waals surface area contributed by atoms with E-state index in [0.717, 1.165) is 27.8 Å². The van der Waals surface area contributed by atoms with E-state index in [4.69, 9.17) is 9.90 Å². The monoisotopic (exact) mass is 776 g/mol. The van der Waals surface area contributed by atoms with Crippen molar-refractivity contribution in [1.82, 2.24) is 15.0 Å². The van der Waals surface area contributed by atoms with E-state index in [1.165, 1.54) is 6.07 Å². The van der Waals surface area contributed by atoms with Crippen molar-refractivity contribution in [2.75, 3.05) is 0 Å². The molecule has 5 heteroatoms. The first-order valence-electron chi connectivity index (χ1n) is 16.5. The number of nitrogens with zero attached hydrogens (tertiary/aromatic N) is 3. The fourth-order valence-electron chi connectivity index (χ4n) is 4.99. The number of pyridine rings is 3. The Morgan fingerprint density at radius 3 is 2.17 bits per heavy atom. The Bertz CT molecular complexity index is 2300. The normalized spacial score (nSPS) is 12.5. The molecular weight excluding hydrogens is 743 g/mol. The van der Waals surface area contributed by atoms with Crippen LogP contribution in [0.15, 0.2) is 156 Å². The third-order valence-electron chi connectivity index (χ3n) is 7.18. The topological polar surface area (TPSA) is 51.8 Å². The maximum atomic E-state index is 8.67. The van der Waals surface area contributed by atoms with Crippen LogP contribution in [0.5, 0.6) is 0 Å². The summed E-state index contributed by atoms with van der Waals surface area (Å²) < 4.78 is 40.6. The van der Waals surface area contributed by atoms with Crippen LogP contribution in [0, 0.1) is 12.1 Å². The van der Waals surface area contributed by atoms with Crippen LogP contribution in [0.2, 0.25) is 0 Å². The molecule has 0 saturated heterocycles. The van der Waals surface area contributed by atoms with Gasteiger partial charge in [0.15, 0.2) is 0 Å². The molecule has 4 nitrogen and oxygen atoms in total. The minimum absolute atomic E-state index is 0. The molecule has 4 aromatic carbocycles. The second-order valence-electron chi connectivity index (χ2n) is 10.1. The van der Waals surface area contributed by atoms with Gasteiger partial charge in [0.2, 0.25) is 5.71 Å². The molecule has 0 atom stereocenters. The Hall–Kier alpha value is -5.22. The summed E-state index contributed by atoms with van der Waals surface area (Å²) in [5, 5.41) is 1.52. The third-order valence-corrected chi connectivity index (χ3v) is 7.18. The van der Waals surface area contributed by atoms with E-state index in [1.807, 2.05) is 97.1 Å². The summed E-state index contributed by atoms with van der Waals surface area (Å²) in [5.41, 5.74) is 6.46. The Balaban J connectivity index is 0.000000281. The third kappa shape index (κ3) is 7.02. The van der Waals surface area contributed by atoms with Crippen molar-refractivity contribution in [2.24, 2.45) is 0 Å². The summed E-state index contributed by atoms with van der Waals surface area (Å²) in [4.78, 5) is 13.2. The molecule has 4 heterocycles. The Kier molecular flexibility index (Phi) is 8.33. The van der Waals surface area contributed by atoms with Gasteiger partial charge in [-0.05, 0) is 65.1 Å². The van der Waals surface area contributed by atoms with E-state index in [1.54, 1.807) is 48.8 Å². The standard InChI is InChI=1S/C30H21N2O.C11H8N.Ir/c1-3-8-21(9-4-1)14-15-24-16-17-26-25-12-7-13-27(29(25)33-30(26)32-24)28-20-23(18-19-31-28)22-10-5-2-6-11-22;1-2-6-10(7-3-1)11-8-4-5-9-12-11;/h1-12,16-20H,14-15H2;1-6,8-9H;/q2*-1;/i14D2,15D2;;. The molecule has 0 N–H and O–H groups in total. The van der Waals surface area contributed by atoms with Gasteiger partial charge in [0.1, 0.15) is 0 Å². The molecule has 4 aromatic heterocycles. The van der Waals surface area contributed by atoms with Crippen molar-refractivity contribution < 1.29 is 30.0 Å². The summed E-state index contributed by atoms with van der Waals surface area (Å²) >= 11 is 0. The first kappa shape index (κ1) is 26.0. The van der Waals surface area contributed by atoms with E-state index in [9.17, 15) is 0 Å². The molecule has 0 aliphatic heterocycles. The van der Waals surface area contributed by atoms with Gasteiger partial charge in [-0.1, -0.05) is 89.8 Å². The maximum Gasteiger partial charge on any atom is 0.216 e. The fourth-order valence-corrected chi connectivity index (χ4v) is 4.99. The van der Waals surface area contributed by atoms with Crippen LogP contribution in [0.1, 0.15) is 16.7 Å². The van der Waals surface area contributed by atoms with Crippen LogP contribution in [0.3, 0.4) is 0 Å². The quantitative estimate of drug-likeness (QED) is 0.158. The summed E-state index contributed by atoms with van der Waals surface area (Å²) in [6.07, 6.45) is -1.16. The maximum absolute atomic E-state index is 8.67. The van der Waals surface area contributed by atoms with Gasteiger partial charge in [0.25, 0.3) is 0 Å². The summed E-state index contributed by atoms with van der Waals surface area (Å²) in [7, 11) is 0. The number of fused-ring (bicyclic) bond motifs is 3. The van der Waals surface area contributed by atoms with Gasteiger partial charge < -0.3 is 14.4 Å². The van der Waals surface area contributed by atoms with E-state index >= 15 is 0 Å². The van der Waals surface area contributed by atoms with E-state index in [2.05, 4.69) is 27.1 Å². The van der Waals surface area contributed by atoms with Gasteiger partial charge in [-0.25, -0.2) is 4.98 Å². The molecule has 46 heavy (non-hydrogen) atoms. The molecular formula is C41H29IrN3O-2. The number of hydrogen-bond donors (Lipinski definition) is 0. The number of rotatable bonds is 6. The van der Waals surface area contributed by atoms with Crippen molar-refractivity contribution >= 4 is 22.1 Å².